The predicted octanol–water partition coefficient (Wildman–Crippen LogP) is 2.90. The maximum absolute atomic E-state index is 14.7. The number of likely N-dealkylation sites (tertiary alicyclic amines) is 1. The first kappa shape index (κ1) is 25.1. The lowest BCUT2D eigenvalue weighted by atomic mass is 10.0. The van der Waals surface area contributed by atoms with Crippen molar-refractivity contribution < 1.29 is 32.2 Å². The van der Waals surface area contributed by atoms with Crippen molar-refractivity contribution >= 4 is 30.0 Å². The van der Waals surface area contributed by atoms with Crippen LogP contribution in [0.15, 0.2) is 29.6 Å². The Morgan fingerprint density at radius 3 is 2.62 bits per heavy atom. The minimum absolute atomic E-state index is 0.188. The first-order valence-electron chi connectivity index (χ1n) is 10.2. The summed E-state index contributed by atoms with van der Waals surface area (Å²) in [4.78, 5) is 21.5. The summed E-state index contributed by atoms with van der Waals surface area (Å²) in [6.07, 6.45) is -1.89. The van der Waals surface area contributed by atoms with Crippen molar-refractivity contribution in [1.29, 1.82) is 5.41 Å². The van der Waals surface area contributed by atoms with Crippen molar-refractivity contribution in [3.8, 4) is 0 Å². The first-order valence-corrected chi connectivity index (χ1v) is 10.2. The fourth-order valence-electron chi connectivity index (χ4n) is 3.72. The maximum Gasteiger partial charge on any atom is 0.419 e. The Morgan fingerprint density at radius 1 is 1.32 bits per heavy atom. The third-order valence-corrected chi connectivity index (χ3v) is 5.37. The molecule has 34 heavy (non-hydrogen) atoms. The van der Waals surface area contributed by atoms with Crippen molar-refractivity contribution in [1.82, 2.24) is 14.9 Å². The van der Waals surface area contributed by atoms with E-state index >= 15 is 0 Å². The van der Waals surface area contributed by atoms with E-state index in [1.165, 1.54) is 11.6 Å². The number of amides is 1. The molecule has 1 fully saturated rings. The molecule has 4 N–H and O–H groups in total. The molecule has 13 heteroatoms. The number of hydrogen-bond acceptors (Lipinski definition) is 6. The van der Waals surface area contributed by atoms with E-state index in [9.17, 15) is 26.7 Å². The Bertz CT molecular complexity index is 1090. The normalized spacial score (nSPS) is 17.9. The van der Waals surface area contributed by atoms with Crippen molar-refractivity contribution in [2.45, 2.75) is 38.4 Å². The number of nitrogens with zero attached hydrogens (tertiary/aromatic N) is 4. The summed E-state index contributed by atoms with van der Waals surface area (Å²) in [6, 6.07) is 1.84. The van der Waals surface area contributed by atoms with Gasteiger partial charge in [0.1, 0.15) is 17.8 Å². The van der Waals surface area contributed by atoms with Crippen LogP contribution in [0.2, 0.25) is 0 Å². The number of rotatable bonds is 7. The summed E-state index contributed by atoms with van der Waals surface area (Å²) in [5.74, 6) is -4.11. The number of nitrogens with two attached hydrogens (primary N) is 1. The number of carbonyl (C=O) groups is 1. The molecule has 0 aliphatic carbocycles. The van der Waals surface area contributed by atoms with E-state index in [1.54, 1.807) is 19.9 Å². The minimum Gasteiger partial charge on any atom is -0.352 e. The topological polar surface area (TPSA) is 111 Å². The second-order valence-corrected chi connectivity index (χ2v) is 7.84. The van der Waals surface area contributed by atoms with Crippen molar-refractivity contribution in [3.05, 3.63) is 46.8 Å². The molecule has 1 aliphatic rings. The van der Waals surface area contributed by atoms with Gasteiger partial charge in [0, 0.05) is 43.7 Å². The predicted molar refractivity (Wildman–Crippen MR) is 115 cm³/mol. The number of alkyl halides is 5. The minimum atomic E-state index is -4.62. The van der Waals surface area contributed by atoms with Gasteiger partial charge in [-0.25, -0.2) is 18.7 Å². The molecule has 1 aromatic heterocycles. The molecule has 1 saturated heterocycles. The van der Waals surface area contributed by atoms with Gasteiger partial charge in [-0.3, -0.25) is 4.79 Å². The Labute approximate surface area is 191 Å². The van der Waals surface area contributed by atoms with Gasteiger partial charge < -0.3 is 15.6 Å². The highest BCUT2D eigenvalue weighted by Crippen LogP contribution is 2.36. The number of aromatic nitrogens is 2. The van der Waals surface area contributed by atoms with E-state index in [4.69, 9.17) is 5.41 Å². The fraction of sp³-hybridized carbons (Fsp3) is 0.381. The van der Waals surface area contributed by atoms with E-state index in [1.807, 2.05) is 6.07 Å². The summed E-state index contributed by atoms with van der Waals surface area (Å²) in [7, 11) is 0. The maximum atomic E-state index is 14.7. The molecule has 1 aromatic carbocycles. The van der Waals surface area contributed by atoms with Gasteiger partial charge in [-0.15, -0.1) is 0 Å². The van der Waals surface area contributed by atoms with Crippen molar-refractivity contribution in [2.75, 3.05) is 18.4 Å². The number of nitrogens with one attached hydrogen (secondary N) is 2. The van der Waals surface area contributed by atoms with Crippen LogP contribution in [0.4, 0.5) is 33.6 Å². The monoisotopic (exact) mass is 484 g/mol. The third kappa shape index (κ3) is 5.53. The lowest BCUT2D eigenvalue weighted by molar-refractivity contribution is -0.577. The van der Waals surface area contributed by atoms with Gasteiger partial charge in [-0.1, -0.05) is 11.2 Å². The highest BCUT2D eigenvalue weighted by molar-refractivity contribution is 6.14. The molecule has 1 atom stereocenters. The third-order valence-electron chi connectivity index (χ3n) is 5.37. The standard InChI is InChI=1S/C21H22F5N7O/c1-12-7-13(2)17(32-31-5-4-27)15(8-12)18(34)33-6-3-20(22,23)16(33)11-30-19-28-9-14(10-29-19)21(24,25)26/h4-5,7-10,16,27,32H,3,6,11H2,1-2H3,(H,28,29,30)/p+1/b27-4?,31-5-. The number of quaternary nitrogens is 1. The molecule has 8 nitrogen and oxygen atoms in total. The molecule has 2 aromatic rings. The molecule has 1 amide bonds. The van der Waals surface area contributed by atoms with Crippen LogP contribution < -0.4 is 10.7 Å². The lowest BCUT2D eigenvalue weighted by Gasteiger charge is -2.28. The van der Waals surface area contributed by atoms with Gasteiger partial charge in [-0.05, 0) is 25.5 Å². The lowest BCUT2D eigenvalue weighted by Crippen LogP contribution is -2.72. The van der Waals surface area contributed by atoms with Gasteiger partial charge in [0.25, 0.3) is 11.8 Å². The number of anilines is 1. The molecule has 2 heterocycles. The number of aryl methyl sites for hydroxylation is 2. The molecular weight excluding hydrogens is 461 g/mol. The molecule has 3 rings (SSSR count). The Kier molecular flexibility index (Phi) is 7.24. The van der Waals surface area contributed by atoms with Crippen LogP contribution in [-0.2, 0) is 6.18 Å². The molecule has 0 spiro atoms. The second kappa shape index (κ2) is 9.79. The van der Waals surface area contributed by atoms with E-state index in [-0.39, 0.29) is 18.1 Å². The molecule has 0 radical (unpaired) electrons. The SMILES string of the molecule is Cc1cc(C)c([NH2+]/N=C\C=N)c(C(=O)N2CCC(F)(F)C2CNc2ncc(C(F)(F)F)cn2)c1. The zero-order valence-corrected chi connectivity index (χ0v) is 18.3. The summed E-state index contributed by atoms with van der Waals surface area (Å²) < 4.78 is 67.4. The van der Waals surface area contributed by atoms with Crippen LogP contribution in [0.1, 0.15) is 33.5 Å². The molecule has 182 valence electrons. The average Bonchev–Trinajstić information content (AvgIpc) is 3.06. The van der Waals surface area contributed by atoms with E-state index < -0.39 is 42.6 Å². The van der Waals surface area contributed by atoms with E-state index in [0.29, 0.717) is 23.6 Å². The number of carbonyl (C=O) groups excluding carboxylic acids is 1. The summed E-state index contributed by atoms with van der Waals surface area (Å²) >= 11 is 0. The highest BCUT2D eigenvalue weighted by atomic mass is 19.4. The van der Waals surface area contributed by atoms with E-state index in [2.05, 4.69) is 20.4 Å². The second-order valence-electron chi connectivity index (χ2n) is 7.84. The van der Waals surface area contributed by atoms with Crippen LogP contribution in [0, 0.1) is 19.3 Å². The Balaban J connectivity index is 1.84. The molecule has 0 bridgehead atoms. The highest BCUT2D eigenvalue weighted by Gasteiger charge is 2.51. The molecule has 0 saturated carbocycles. The number of hydrogen-bond donors (Lipinski definition) is 3. The quantitative estimate of drug-likeness (QED) is 0.185. The summed E-state index contributed by atoms with van der Waals surface area (Å²) in [6.45, 7) is 2.87. The largest absolute Gasteiger partial charge is 0.419 e. The molecule has 1 aliphatic heterocycles. The smallest absolute Gasteiger partial charge is 0.352 e. The van der Waals surface area contributed by atoms with Gasteiger partial charge in [0.2, 0.25) is 5.95 Å². The van der Waals surface area contributed by atoms with Crippen molar-refractivity contribution in [3.63, 3.8) is 0 Å². The summed E-state index contributed by atoms with van der Waals surface area (Å²) in [5, 5.41) is 13.5. The van der Waals surface area contributed by atoms with Gasteiger partial charge >= 0.3 is 6.18 Å². The average molecular weight is 484 g/mol. The van der Waals surface area contributed by atoms with E-state index in [0.717, 1.165) is 16.7 Å². The first-order chi connectivity index (χ1) is 15.9. The van der Waals surface area contributed by atoms with Crippen LogP contribution in [0.3, 0.4) is 0 Å². The van der Waals surface area contributed by atoms with Crippen LogP contribution in [-0.4, -0.2) is 58.3 Å². The van der Waals surface area contributed by atoms with Crippen molar-refractivity contribution in [2.24, 2.45) is 5.10 Å². The zero-order valence-electron chi connectivity index (χ0n) is 18.3. The molecule has 1 unspecified atom stereocenters. The Morgan fingerprint density at radius 2 is 2.00 bits per heavy atom. The van der Waals surface area contributed by atoms with Crippen LogP contribution in [0.25, 0.3) is 0 Å². The van der Waals surface area contributed by atoms with Gasteiger partial charge in [0.15, 0.2) is 5.69 Å². The van der Waals surface area contributed by atoms with Crippen LogP contribution >= 0.6 is 0 Å². The Hall–Kier alpha value is -3.48. The zero-order chi connectivity index (χ0) is 25.1. The molecular formula is C21H23F5N7O+. The number of benzene rings is 1. The van der Waals surface area contributed by atoms with Gasteiger partial charge in [0.05, 0.1) is 5.56 Å². The van der Waals surface area contributed by atoms with Crippen LogP contribution in [0.5, 0.6) is 0 Å². The van der Waals surface area contributed by atoms with Gasteiger partial charge in [-0.2, -0.15) is 18.6 Å². The number of halogens is 5. The summed E-state index contributed by atoms with van der Waals surface area (Å²) in [5.41, 5.74) is 2.43. The fourth-order valence-corrected chi connectivity index (χ4v) is 3.72.